The number of hydrogen-bond donors (Lipinski definition) is 0. The molecule has 1 heterocycles. The molecule has 1 aliphatic rings. The average Bonchev–Trinajstić information content (AvgIpc) is 2.68. The Balaban J connectivity index is 1.73. The largest absolute Gasteiger partial charge is 0.497 e. The van der Waals surface area contributed by atoms with Crippen molar-refractivity contribution < 1.29 is 14.3 Å². The summed E-state index contributed by atoms with van der Waals surface area (Å²) < 4.78 is 10.6. The maximum atomic E-state index is 12.7. The molecule has 3 rings (SSSR count). The standard InChI is InChI=1S/C20H24N2O3/c1-21(20(23)16-7-9-18(24-2)10-8-16)15-17-5-3-4-6-19(17)22-11-13-25-14-12-22/h3-10H,11-15H2,1-2H3. The summed E-state index contributed by atoms with van der Waals surface area (Å²) in [4.78, 5) is 16.8. The monoisotopic (exact) mass is 340 g/mol. The molecule has 25 heavy (non-hydrogen) atoms. The molecule has 0 unspecified atom stereocenters. The highest BCUT2D eigenvalue weighted by atomic mass is 16.5. The van der Waals surface area contributed by atoms with Crippen LogP contribution in [0, 0.1) is 0 Å². The lowest BCUT2D eigenvalue weighted by atomic mass is 10.1. The van der Waals surface area contributed by atoms with Crippen LogP contribution in [-0.4, -0.2) is 51.3 Å². The number of rotatable bonds is 5. The number of morpholine rings is 1. The Bertz CT molecular complexity index is 709. The quantitative estimate of drug-likeness (QED) is 0.839. The summed E-state index contributed by atoms with van der Waals surface area (Å²) in [5.74, 6) is 0.747. The Kier molecular flexibility index (Phi) is 5.56. The predicted molar refractivity (Wildman–Crippen MR) is 98.3 cm³/mol. The maximum Gasteiger partial charge on any atom is 0.253 e. The molecule has 0 spiro atoms. The first kappa shape index (κ1) is 17.3. The molecule has 1 amide bonds. The van der Waals surface area contributed by atoms with Crippen molar-refractivity contribution in [3.63, 3.8) is 0 Å². The van der Waals surface area contributed by atoms with Gasteiger partial charge in [0.15, 0.2) is 0 Å². The Morgan fingerprint density at radius 2 is 1.80 bits per heavy atom. The van der Waals surface area contributed by atoms with E-state index in [1.165, 1.54) is 5.69 Å². The van der Waals surface area contributed by atoms with Crippen LogP contribution < -0.4 is 9.64 Å². The molecule has 0 N–H and O–H groups in total. The van der Waals surface area contributed by atoms with E-state index in [1.807, 2.05) is 31.3 Å². The zero-order chi connectivity index (χ0) is 17.6. The van der Waals surface area contributed by atoms with Crippen LogP contribution >= 0.6 is 0 Å². The Morgan fingerprint density at radius 1 is 1.12 bits per heavy atom. The van der Waals surface area contributed by atoms with Crippen LogP contribution in [0.2, 0.25) is 0 Å². The normalized spacial score (nSPS) is 14.2. The van der Waals surface area contributed by atoms with Gasteiger partial charge in [-0.05, 0) is 35.9 Å². The topological polar surface area (TPSA) is 42.0 Å². The van der Waals surface area contributed by atoms with Gasteiger partial charge in [-0.15, -0.1) is 0 Å². The third-order valence-electron chi connectivity index (χ3n) is 4.43. The first-order valence-corrected chi connectivity index (χ1v) is 8.49. The predicted octanol–water partition coefficient (Wildman–Crippen LogP) is 2.80. The van der Waals surface area contributed by atoms with Gasteiger partial charge < -0.3 is 19.3 Å². The van der Waals surface area contributed by atoms with Gasteiger partial charge in [0.05, 0.1) is 20.3 Å². The van der Waals surface area contributed by atoms with Crippen LogP contribution in [0.4, 0.5) is 5.69 Å². The zero-order valence-electron chi connectivity index (χ0n) is 14.8. The number of carbonyl (C=O) groups is 1. The van der Waals surface area contributed by atoms with E-state index in [0.717, 1.165) is 37.6 Å². The summed E-state index contributed by atoms with van der Waals surface area (Å²) in [6.07, 6.45) is 0. The van der Waals surface area contributed by atoms with Crippen LogP contribution in [0.25, 0.3) is 0 Å². The van der Waals surface area contributed by atoms with E-state index < -0.39 is 0 Å². The third kappa shape index (κ3) is 4.12. The average molecular weight is 340 g/mol. The highest BCUT2D eigenvalue weighted by Crippen LogP contribution is 2.23. The second-order valence-corrected chi connectivity index (χ2v) is 6.12. The number of nitrogens with zero attached hydrogens (tertiary/aromatic N) is 2. The van der Waals surface area contributed by atoms with E-state index in [0.29, 0.717) is 12.1 Å². The van der Waals surface area contributed by atoms with Crippen molar-refractivity contribution in [2.24, 2.45) is 0 Å². The molecule has 2 aromatic rings. The molecule has 0 radical (unpaired) electrons. The van der Waals surface area contributed by atoms with Crippen LogP contribution in [0.5, 0.6) is 5.75 Å². The van der Waals surface area contributed by atoms with Crippen LogP contribution in [0.1, 0.15) is 15.9 Å². The third-order valence-corrected chi connectivity index (χ3v) is 4.43. The SMILES string of the molecule is COc1ccc(C(=O)N(C)Cc2ccccc2N2CCOCC2)cc1. The highest BCUT2D eigenvalue weighted by molar-refractivity contribution is 5.94. The van der Waals surface area contributed by atoms with Crippen molar-refractivity contribution in [3.05, 3.63) is 59.7 Å². The summed E-state index contributed by atoms with van der Waals surface area (Å²) in [7, 11) is 3.45. The number of amides is 1. The van der Waals surface area contributed by atoms with Gasteiger partial charge >= 0.3 is 0 Å². The fourth-order valence-corrected chi connectivity index (χ4v) is 3.04. The number of anilines is 1. The minimum atomic E-state index is -0.000524. The van der Waals surface area contributed by atoms with Gasteiger partial charge in [0.1, 0.15) is 5.75 Å². The first-order valence-electron chi connectivity index (χ1n) is 8.49. The summed E-state index contributed by atoms with van der Waals surface area (Å²) in [5.41, 5.74) is 2.99. The second kappa shape index (κ2) is 8.03. The molecule has 2 aromatic carbocycles. The van der Waals surface area contributed by atoms with Gasteiger partial charge in [0.2, 0.25) is 0 Å². The van der Waals surface area contributed by atoms with Crippen molar-refractivity contribution in [1.82, 2.24) is 4.90 Å². The molecule has 0 aromatic heterocycles. The summed E-state index contributed by atoms with van der Waals surface area (Å²) in [6, 6.07) is 15.5. The van der Waals surface area contributed by atoms with E-state index in [4.69, 9.17) is 9.47 Å². The first-order chi connectivity index (χ1) is 12.2. The second-order valence-electron chi connectivity index (χ2n) is 6.12. The fraction of sp³-hybridized carbons (Fsp3) is 0.350. The molecule has 0 aliphatic carbocycles. The van der Waals surface area contributed by atoms with Crippen LogP contribution in [0.3, 0.4) is 0 Å². The van der Waals surface area contributed by atoms with E-state index >= 15 is 0 Å². The summed E-state index contributed by atoms with van der Waals surface area (Å²) >= 11 is 0. The molecular formula is C20H24N2O3. The van der Waals surface area contributed by atoms with Gasteiger partial charge in [-0.1, -0.05) is 18.2 Å². The lowest BCUT2D eigenvalue weighted by Crippen LogP contribution is -2.37. The minimum Gasteiger partial charge on any atom is -0.497 e. The Labute approximate surface area is 148 Å². The van der Waals surface area contributed by atoms with Gasteiger partial charge in [-0.25, -0.2) is 0 Å². The van der Waals surface area contributed by atoms with Crippen molar-refractivity contribution in [3.8, 4) is 5.75 Å². The number of carbonyl (C=O) groups excluding carboxylic acids is 1. The van der Waals surface area contributed by atoms with Crippen molar-refractivity contribution in [2.45, 2.75) is 6.54 Å². The van der Waals surface area contributed by atoms with Crippen molar-refractivity contribution in [1.29, 1.82) is 0 Å². The maximum absolute atomic E-state index is 12.7. The highest BCUT2D eigenvalue weighted by Gasteiger charge is 2.17. The number of benzene rings is 2. The molecule has 1 fully saturated rings. The number of ether oxygens (including phenoxy) is 2. The van der Waals surface area contributed by atoms with E-state index in [2.05, 4.69) is 17.0 Å². The van der Waals surface area contributed by atoms with Crippen LogP contribution in [-0.2, 0) is 11.3 Å². The van der Waals surface area contributed by atoms with Gasteiger partial charge in [-0.2, -0.15) is 0 Å². The van der Waals surface area contributed by atoms with Crippen molar-refractivity contribution >= 4 is 11.6 Å². The Hall–Kier alpha value is -2.53. The number of para-hydroxylation sites is 1. The lowest BCUT2D eigenvalue weighted by molar-refractivity contribution is 0.0785. The molecule has 5 nitrogen and oxygen atoms in total. The molecule has 1 saturated heterocycles. The van der Waals surface area contributed by atoms with E-state index in [1.54, 1.807) is 24.1 Å². The van der Waals surface area contributed by atoms with Gasteiger partial charge in [0.25, 0.3) is 5.91 Å². The van der Waals surface area contributed by atoms with Crippen LogP contribution in [0.15, 0.2) is 48.5 Å². The summed E-state index contributed by atoms with van der Waals surface area (Å²) in [5, 5.41) is 0. The van der Waals surface area contributed by atoms with Gasteiger partial charge in [-0.3, -0.25) is 4.79 Å². The van der Waals surface area contributed by atoms with Gasteiger partial charge in [0, 0.05) is 37.9 Å². The molecule has 0 bridgehead atoms. The van der Waals surface area contributed by atoms with E-state index in [-0.39, 0.29) is 5.91 Å². The van der Waals surface area contributed by atoms with Crippen molar-refractivity contribution in [2.75, 3.05) is 45.4 Å². The smallest absolute Gasteiger partial charge is 0.253 e. The molecule has 0 saturated carbocycles. The molecule has 5 heteroatoms. The zero-order valence-corrected chi connectivity index (χ0v) is 14.8. The molecular weight excluding hydrogens is 316 g/mol. The molecule has 132 valence electrons. The molecule has 1 aliphatic heterocycles. The lowest BCUT2D eigenvalue weighted by Gasteiger charge is -2.31. The number of hydrogen-bond acceptors (Lipinski definition) is 4. The van der Waals surface area contributed by atoms with E-state index in [9.17, 15) is 4.79 Å². The minimum absolute atomic E-state index is 0.000524. The fourth-order valence-electron chi connectivity index (χ4n) is 3.04. The Morgan fingerprint density at radius 3 is 2.48 bits per heavy atom. The number of methoxy groups -OCH3 is 1. The summed E-state index contributed by atoms with van der Waals surface area (Å²) in [6.45, 7) is 3.82. The molecule has 0 atom stereocenters.